The van der Waals surface area contributed by atoms with Gasteiger partial charge in [0, 0.05) is 23.9 Å². The number of fused-ring (bicyclic) bond motifs is 1. The van der Waals surface area contributed by atoms with E-state index in [0.29, 0.717) is 5.02 Å². The van der Waals surface area contributed by atoms with Crippen molar-refractivity contribution in [3.8, 4) is 0 Å². The molecule has 1 heterocycles. The topological polar surface area (TPSA) is 4.93 Å². The average molecular weight is 280 g/mol. The second-order valence-corrected chi connectivity index (χ2v) is 5.05. The molecule has 2 rings (SSSR count). The van der Waals surface area contributed by atoms with Gasteiger partial charge < -0.3 is 4.57 Å². The van der Waals surface area contributed by atoms with E-state index in [1.54, 1.807) is 16.8 Å². The van der Waals surface area contributed by atoms with Gasteiger partial charge in [-0.2, -0.15) is 13.2 Å². The lowest BCUT2D eigenvalue weighted by Gasteiger charge is -2.08. The SMILES string of the molecule is FC(F)(F)SCCn1ccc2cccc(Cl)c21. The van der Waals surface area contributed by atoms with Gasteiger partial charge in [0.2, 0.25) is 0 Å². The van der Waals surface area contributed by atoms with Crippen molar-refractivity contribution in [2.75, 3.05) is 5.75 Å². The molecule has 1 aromatic heterocycles. The summed E-state index contributed by atoms with van der Waals surface area (Å²) in [5.41, 5.74) is -3.39. The molecule has 0 spiro atoms. The highest BCUT2D eigenvalue weighted by Crippen LogP contribution is 2.31. The molecule has 6 heteroatoms. The Kier molecular flexibility index (Phi) is 3.58. The Balaban J connectivity index is 2.14. The second-order valence-electron chi connectivity index (χ2n) is 3.48. The number of aryl methyl sites for hydroxylation is 1. The highest BCUT2D eigenvalue weighted by molar-refractivity contribution is 8.00. The predicted molar refractivity (Wildman–Crippen MR) is 65.5 cm³/mol. The van der Waals surface area contributed by atoms with Gasteiger partial charge in [0.25, 0.3) is 0 Å². The number of benzene rings is 1. The van der Waals surface area contributed by atoms with Gasteiger partial charge in [-0.05, 0) is 23.9 Å². The molecule has 0 radical (unpaired) electrons. The average Bonchev–Trinajstić information content (AvgIpc) is 2.61. The normalized spacial score (nSPS) is 12.2. The third-order valence-corrected chi connectivity index (χ3v) is 3.36. The summed E-state index contributed by atoms with van der Waals surface area (Å²) in [4.78, 5) is 0. The highest BCUT2D eigenvalue weighted by Gasteiger charge is 2.27. The van der Waals surface area contributed by atoms with E-state index in [1.807, 2.05) is 18.2 Å². The Hall–Kier alpha value is -0.810. The molecular weight excluding hydrogens is 271 g/mol. The van der Waals surface area contributed by atoms with Crippen LogP contribution in [0.25, 0.3) is 10.9 Å². The van der Waals surface area contributed by atoms with Crippen LogP contribution in [0.2, 0.25) is 5.02 Å². The van der Waals surface area contributed by atoms with Gasteiger partial charge in [-0.15, -0.1) is 0 Å². The molecule has 0 aliphatic carbocycles. The van der Waals surface area contributed by atoms with Crippen LogP contribution < -0.4 is 0 Å². The molecule has 0 unspecified atom stereocenters. The molecule has 0 amide bonds. The number of nitrogens with zero attached hydrogens (tertiary/aromatic N) is 1. The first kappa shape index (κ1) is 12.6. The zero-order valence-corrected chi connectivity index (χ0v) is 10.2. The first-order valence-electron chi connectivity index (χ1n) is 4.91. The van der Waals surface area contributed by atoms with Gasteiger partial charge in [-0.25, -0.2) is 0 Å². The molecule has 17 heavy (non-hydrogen) atoms. The van der Waals surface area contributed by atoms with Gasteiger partial charge in [0.05, 0.1) is 10.5 Å². The molecule has 0 aliphatic rings. The Morgan fingerprint density at radius 1 is 1.24 bits per heavy atom. The van der Waals surface area contributed by atoms with Crippen molar-refractivity contribution in [1.82, 2.24) is 4.57 Å². The van der Waals surface area contributed by atoms with E-state index in [0.717, 1.165) is 10.9 Å². The molecule has 1 nitrogen and oxygen atoms in total. The van der Waals surface area contributed by atoms with E-state index in [2.05, 4.69) is 0 Å². The number of thioether (sulfide) groups is 1. The van der Waals surface area contributed by atoms with Crippen molar-refractivity contribution in [1.29, 1.82) is 0 Å². The zero-order valence-electron chi connectivity index (χ0n) is 8.67. The van der Waals surface area contributed by atoms with E-state index in [-0.39, 0.29) is 24.1 Å². The molecule has 0 atom stereocenters. The summed E-state index contributed by atoms with van der Waals surface area (Å²) >= 11 is 6.00. The fourth-order valence-electron chi connectivity index (χ4n) is 1.66. The van der Waals surface area contributed by atoms with E-state index < -0.39 is 5.51 Å². The van der Waals surface area contributed by atoms with Gasteiger partial charge in [-0.3, -0.25) is 0 Å². The van der Waals surface area contributed by atoms with Crippen molar-refractivity contribution >= 4 is 34.3 Å². The number of aromatic nitrogens is 1. The van der Waals surface area contributed by atoms with Crippen LogP contribution in [0, 0.1) is 0 Å². The minimum Gasteiger partial charge on any atom is -0.345 e. The number of hydrogen-bond donors (Lipinski definition) is 0. The van der Waals surface area contributed by atoms with Crippen LogP contribution >= 0.6 is 23.4 Å². The summed E-state index contributed by atoms with van der Waals surface area (Å²) in [5.74, 6) is -0.0154. The molecule has 0 bridgehead atoms. The minimum absolute atomic E-state index is 0.0154. The van der Waals surface area contributed by atoms with Crippen LogP contribution in [-0.4, -0.2) is 15.8 Å². The third-order valence-electron chi connectivity index (χ3n) is 2.34. The van der Waals surface area contributed by atoms with Gasteiger partial charge >= 0.3 is 5.51 Å². The Bertz CT molecular complexity index is 521. The van der Waals surface area contributed by atoms with Crippen molar-refractivity contribution in [2.45, 2.75) is 12.1 Å². The standard InChI is InChI=1S/C11H9ClF3NS/c12-9-3-1-2-8-4-5-16(10(8)9)6-7-17-11(13,14)15/h1-5H,6-7H2. The maximum absolute atomic E-state index is 12.0. The fourth-order valence-corrected chi connectivity index (χ4v) is 2.47. The first-order valence-corrected chi connectivity index (χ1v) is 6.28. The fraction of sp³-hybridized carbons (Fsp3) is 0.273. The smallest absolute Gasteiger partial charge is 0.345 e. The number of halogens is 4. The molecule has 1 aromatic carbocycles. The van der Waals surface area contributed by atoms with E-state index in [4.69, 9.17) is 11.6 Å². The number of para-hydroxylation sites is 1. The summed E-state index contributed by atoms with van der Waals surface area (Å²) in [7, 11) is 0. The molecule has 0 saturated carbocycles. The minimum atomic E-state index is -4.17. The summed E-state index contributed by atoms with van der Waals surface area (Å²) < 4.78 is 37.8. The van der Waals surface area contributed by atoms with E-state index >= 15 is 0 Å². The van der Waals surface area contributed by atoms with Crippen molar-refractivity contribution in [2.24, 2.45) is 0 Å². The maximum atomic E-state index is 12.0. The molecule has 2 aromatic rings. The molecule has 0 fully saturated rings. The predicted octanol–water partition coefficient (Wildman–Crippen LogP) is 4.55. The van der Waals surface area contributed by atoms with Crippen LogP contribution in [0.4, 0.5) is 13.2 Å². The second kappa shape index (κ2) is 4.82. The quantitative estimate of drug-likeness (QED) is 0.798. The lowest BCUT2D eigenvalue weighted by atomic mass is 10.2. The lowest BCUT2D eigenvalue weighted by molar-refractivity contribution is -0.0328. The Labute approximate surface area is 106 Å². The highest BCUT2D eigenvalue weighted by atomic mass is 35.5. The van der Waals surface area contributed by atoms with Gasteiger partial charge in [0.1, 0.15) is 0 Å². The third kappa shape index (κ3) is 3.10. The Morgan fingerprint density at radius 3 is 2.71 bits per heavy atom. The van der Waals surface area contributed by atoms with Crippen LogP contribution in [0.5, 0.6) is 0 Å². The first-order chi connectivity index (χ1) is 7.97. The molecule has 0 N–H and O–H groups in total. The largest absolute Gasteiger partial charge is 0.441 e. The monoisotopic (exact) mass is 279 g/mol. The number of hydrogen-bond acceptors (Lipinski definition) is 1. The van der Waals surface area contributed by atoms with Gasteiger partial charge in [0.15, 0.2) is 0 Å². The van der Waals surface area contributed by atoms with Crippen molar-refractivity contribution < 1.29 is 13.2 Å². The molecule has 92 valence electrons. The zero-order chi connectivity index (χ0) is 12.5. The Morgan fingerprint density at radius 2 is 2.00 bits per heavy atom. The summed E-state index contributed by atoms with van der Waals surface area (Å²) in [6.07, 6.45) is 1.76. The van der Waals surface area contributed by atoms with Crippen LogP contribution in [-0.2, 0) is 6.54 Å². The van der Waals surface area contributed by atoms with Crippen molar-refractivity contribution in [3.05, 3.63) is 35.5 Å². The summed E-state index contributed by atoms with van der Waals surface area (Å²) in [6, 6.07) is 7.28. The molecule has 0 saturated heterocycles. The summed E-state index contributed by atoms with van der Waals surface area (Å²) in [6.45, 7) is 0.289. The lowest BCUT2D eigenvalue weighted by Crippen LogP contribution is -2.06. The van der Waals surface area contributed by atoms with E-state index in [9.17, 15) is 13.2 Å². The number of rotatable bonds is 3. The summed E-state index contributed by atoms with van der Waals surface area (Å²) in [5, 5.41) is 1.50. The van der Waals surface area contributed by atoms with E-state index in [1.165, 1.54) is 0 Å². The number of alkyl halides is 3. The van der Waals surface area contributed by atoms with Gasteiger partial charge in [-0.1, -0.05) is 23.7 Å². The van der Waals surface area contributed by atoms with Crippen LogP contribution in [0.15, 0.2) is 30.5 Å². The van der Waals surface area contributed by atoms with Crippen molar-refractivity contribution in [3.63, 3.8) is 0 Å². The molecule has 0 aliphatic heterocycles. The molecular formula is C11H9ClF3NS. The van der Waals surface area contributed by atoms with Crippen LogP contribution in [0.1, 0.15) is 0 Å². The maximum Gasteiger partial charge on any atom is 0.441 e. The van der Waals surface area contributed by atoms with Crippen LogP contribution in [0.3, 0.4) is 0 Å².